The molecule has 0 aliphatic heterocycles. The van der Waals surface area contributed by atoms with E-state index < -0.39 is 0 Å². The number of aryl methyl sites for hydroxylation is 1. The molecule has 1 heterocycles. The third-order valence-electron chi connectivity index (χ3n) is 3.72. The second-order valence-electron chi connectivity index (χ2n) is 5.39. The van der Waals surface area contributed by atoms with Crippen LogP contribution in [0.1, 0.15) is 41.6 Å². The molecule has 4 heteroatoms. The van der Waals surface area contributed by atoms with E-state index in [0.29, 0.717) is 18.9 Å². The number of hydrogen-bond donors (Lipinski definition) is 1. The molecule has 4 nitrogen and oxygen atoms in total. The second kappa shape index (κ2) is 4.59. The zero-order chi connectivity index (χ0) is 12.5. The number of nitrogens with one attached hydrogen (secondary N) is 1. The normalized spacial score (nSPS) is 18.6. The van der Waals surface area contributed by atoms with Gasteiger partial charge in [-0.2, -0.15) is 0 Å². The summed E-state index contributed by atoms with van der Waals surface area (Å²) in [4.78, 5) is 23.4. The molecule has 0 aromatic carbocycles. The van der Waals surface area contributed by atoms with Crippen LogP contribution >= 0.6 is 0 Å². The summed E-state index contributed by atoms with van der Waals surface area (Å²) in [7, 11) is 0. The van der Waals surface area contributed by atoms with Gasteiger partial charge in [-0.25, -0.2) is 0 Å². The maximum Gasteiger partial charge on any atom is 0.239 e. The molecule has 1 N–H and O–H groups in total. The summed E-state index contributed by atoms with van der Waals surface area (Å²) in [5.41, 5.74) is 1.91. The minimum Gasteiger partial charge on any atom is -0.354 e. The number of ketones is 1. The zero-order valence-electron chi connectivity index (χ0n) is 10.4. The van der Waals surface area contributed by atoms with Crippen LogP contribution < -0.4 is 5.32 Å². The summed E-state index contributed by atoms with van der Waals surface area (Å²) in [6, 6.07) is 0. The van der Waals surface area contributed by atoms with Crippen LogP contribution in [0.15, 0.2) is 12.4 Å². The molecule has 0 radical (unpaired) electrons. The molecule has 2 aliphatic carbocycles. The minimum absolute atomic E-state index is 0.0432. The van der Waals surface area contributed by atoms with Crippen LogP contribution in [0.5, 0.6) is 0 Å². The number of nitrogens with zero attached hydrogens (tertiary/aromatic N) is 1. The van der Waals surface area contributed by atoms with Crippen molar-refractivity contribution in [1.29, 1.82) is 0 Å². The standard InChI is InChI=1S/C14H18N2O2/c17-13-3-1-2-11-7-16(8-12(11)13)9-14(18)15-6-10-4-5-10/h7-8,10H,1-6,9H2,(H,15,18). The van der Waals surface area contributed by atoms with Crippen LogP contribution in [0.25, 0.3) is 0 Å². The van der Waals surface area contributed by atoms with Gasteiger partial charge < -0.3 is 9.88 Å². The molecule has 0 unspecified atom stereocenters. The molecule has 1 amide bonds. The largest absolute Gasteiger partial charge is 0.354 e. The van der Waals surface area contributed by atoms with E-state index in [4.69, 9.17) is 0 Å². The lowest BCUT2D eigenvalue weighted by atomic mass is 9.95. The van der Waals surface area contributed by atoms with Crippen LogP contribution in [0.4, 0.5) is 0 Å². The number of fused-ring (bicyclic) bond motifs is 1. The van der Waals surface area contributed by atoms with Crippen LogP contribution in [0.3, 0.4) is 0 Å². The fraction of sp³-hybridized carbons (Fsp3) is 0.571. The van der Waals surface area contributed by atoms with E-state index in [9.17, 15) is 9.59 Å². The van der Waals surface area contributed by atoms with Gasteiger partial charge in [0.25, 0.3) is 0 Å². The number of aromatic nitrogens is 1. The highest BCUT2D eigenvalue weighted by molar-refractivity contribution is 5.98. The first-order valence-electron chi connectivity index (χ1n) is 6.71. The lowest BCUT2D eigenvalue weighted by Crippen LogP contribution is -2.28. The van der Waals surface area contributed by atoms with Crippen molar-refractivity contribution in [3.05, 3.63) is 23.5 Å². The Kier molecular flexibility index (Phi) is 2.94. The van der Waals surface area contributed by atoms with Crippen molar-refractivity contribution < 1.29 is 9.59 Å². The first kappa shape index (κ1) is 11.5. The van der Waals surface area contributed by atoms with E-state index in [0.717, 1.165) is 30.5 Å². The lowest BCUT2D eigenvalue weighted by molar-refractivity contribution is -0.121. The van der Waals surface area contributed by atoms with Gasteiger partial charge in [0.05, 0.1) is 0 Å². The van der Waals surface area contributed by atoms with Crippen molar-refractivity contribution in [3.63, 3.8) is 0 Å². The Labute approximate surface area is 106 Å². The fourth-order valence-corrected chi connectivity index (χ4v) is 2.47. The van der Waals surface area contributed by atoms with Crippen LogP contribution in [-0.2, 0) is 17.8 Å². The van der Waals surface area contributed by atoms with Crippen molar-refractivity contribution in [3.8, 4) is 0 Å². The molecule has 0 spiro atoms. The second-order valence-corrected chi connectivity index (χ2v) is 5.39. The van der Waals surface area contributed by atoms with Crippen LogP contribution in [-0.4, -0.2) is 22.8 Å². The monoisotopic (exact) mass is 246 g/mol. The van der Waals surface area contributed by atoms with Gasteiger partial charge in [-0.3, -0.25) is 9.59 Å². The van der Waals surface area contributed by atoms with E-state index in [1.807, 2.05) is 17.0 Å². The quantitative estimate of drug-likeness (QED) is 0.876. The molecule has 1 fully saturated rings. The summed E-state index contributed by atoms with van der Waals surface area (Å²) >= 11 is 0. The van der Waals surface area contributed by atoms with E-state index in [2.05, 4.69) is 5.32 Å². The molecule has 1 saturated carbocycles. The Morgan fingerprint density at radius 3 is 2.89 bits per heavy atom. The lowest BCUT2D eigenvalue weighted by Gasteiger charge is -2.07. The highest BCUT2D eigenvalue weighted by atomic mass is 16.2. The van der Waals surface area contributed by atoms with Gasteiger partial charge in [0.15, 0.2) is 5.78 Å². The Hall–Kier alpha value is -1.58. The summed E-state index contributed by atoms with van der Waals surface area (Å²) in [5, 5.41) is 2.94. The molecule has 3 rings (SSSR count). The summed E-state index contributed by atoms with van der Waals surface area (Å²) in [6.45, 7) is 1.13. The van der Waals surface area contributed by atoms with Crippen molar-refractivity contribution in [1.82, 2.24) is 9.88 Å². The zero-order valence-corrected chi connectivity index (χ0v) is 10.4. The van der Waals surface area contributed by atoms with Crippen molar-refractivity contribution in [2.24, 2.45) is 5.92 Å². The highest BCUT2D eigenvalue weighted by Gasteiger charge is 2.22. The third-order valence-corrected chi connectivity index (χ3v) is 3.72. The number of Topliss-reactive ketones (excluding diaryl/α,β-unsaturated/α-hetero) is 1. The van der Waals surface area contributed by atoms with Gasteiger partial charge in [-0.05, 0) is 37.2 Å². The van der Waals surface area contributed by atoms with Gasteiger partial charge in [0, 0.05) is 30.9 Å². The van der Waals surface area contributed by atoms with E-state index in [1.165, 1.54) is 12.8 Å². The van der Waals surface area contributed by atoms with Gasteiger partial charge in [0.2, 0.25) is 5.91 Å². The molecule has 1 aromatic heterocycles. The molecule has 2 aliphatic rings. The average Bonchev–Trinajstić information content (AvgIpc) is 3.07. The summed E-state index contributed by atoms with van der Waals surface area (Å²) in [6.07, 6.45) is 8.79. The van der Waals surface area contributed by atoms with Gasteiger partial charge in [-0.1, -0.05) is 0 Å². The SMILES string of the molecule is O=C(Cn1cc2c(c1)C(=O)CCC2)NCC1CC1. The molecule has 0 atom stereocenters. The fourth-order valence-electron chi connectivity index (χ4n) is 2.47. The van der Waals surface area contributed by atoms with Crippen LogP contribution in [0, 0.1) is 5.92 Å². The van der Waals surface area contributed by atoms with Gasteiger partial charge in [-0.15, -0.1) is 0 Å². The molecule has 96 valence electrons. The summed E-state index contributed by atoms with van der Waals surface area (Å²) < 4.78 is 1.84. The Morgan fingerprint density at radius 2 is 2.17 bits per heavy atom. The van der Waals surface area contributed by atoms with E-state index >= 15 is 0 Å². The number of hydrogen-bond acceptors (Lipinski definition) is 2. The maximum absolute atomic E-state index is 11.7. The number of rotatable bonds is 4. The van der Waals surface area contributed by atoms with Crippen molar-refractivity contribution in [2.75, 3.05) is 6.54 Å². The molecular formula is C14H18N2O2. The molecule has 0 saturated heterocycles. The van der Waals surface area contributed by atoms with E-state index in [1.54, 1.807) is 0 Å². The smallest absolute Gasteiger partial charge is 0.239 e. The van der Waals surface area contributed by atoms with E-state index in [-0.39, 0.29) is 11.7 Å². The van der Waals surface area contributed by atoms with Crippen LogP contribution in [0.2, 0.25) is 0 Å². The first-order chi connectivity index (χ1) is 8.72. The first-order valence-corrected chi connectivity index (χ1v) is 6.71. The number of amides is 1. The maximum atomic E-state index is 11.7. The van der Waals surface area contributed by atoms with Gasteiger partial charge >= 0.3 is 0 Å². The Morgan fingerprint density at radius 1 is 1.33 bits per heavy atom. The van der Waals surface area contributed by atoms with Gasteiger partial charge in [0.1, 0.15) is 6.54 Å². The molecule has 18 heavy (non-hydrogen) atoms. The topological polar surface area (TPSA) is 51.1 Å². The average molecular weight is 246 g/mol. The Balaban J connectivity index is 1.61. The molecule has 1 aromatic rings. The molecule has 0 bridgehead atoms. The van der Waals surface area contributed by atoms with Crippen molar-refractivity contribution >= 4 is 11.7 Å². The predicted octanol–water partition coefficient (Wildman–Crippen LogP) is 1.53. The molecular weight excluding hydrogens is 228 g/mol. The summed E-state index contributed by atoms with van der Waals surface area (Å²) in [5.74, 6) is 0.962. The predicted molar refractivity (Wildman–Crippen MR) is 67.4 cm³/mol. The highest BCUT2D eigenvalue weighted by Crippen LogP contribution is 2.27. The number of carbonyl (C=O) groups is 2. The number of carbonyl (C=O) groups excluding carboxylic acids is 2. The van der Waals surface area contributed by atoms with Crippen molar-refractivity contribution in [2.45, 2.75) is 38.6 Å². The Bertz CT molecular complexity index is 486. The third kappa shape index (κ3) is 2.47. The minimum atomic E-state index is 0.0432.